The molecule has 0 aliphatic heterocycles. The fourth-order valence-corrected chi connectivity index (χ4v) is 1.57. The van der Waals surface area contributed by atoms with Gasteiger partial charge in [0.15, 0.2) is 5.78 Å². The van der Waals surface area contributed by atoms with Crippen LogP contribution in [0.1, 0.15) is 15.9 Å². The molecular formula is C10H11BrFNO. The first-order chi connectivity index (χ1) is 6.57. The number of aryl methyl sites for hydroxylation is 1. The number of hydrogen-bond acceptors (Lipinski definition) is 2. The lowest BCUT2D eigenvalue weighted by Gasteiger charge is -2.07. The highest BCUT2D eigenvalue weighted by Gasteiger charge is 2.15. The number of rotatable bonds is 3. The van der Waals surface area contributed by atoms with Crippen LogP contribution >= 0.6 is 15.9 Å². The van der Waals surface area contributed by atoms with Gasteiger partial charge >= 0.3 is 0 Å². The van der Waals surface area contributed by atoms with Gasteiger partial charge in [0.25, 0.3) is 0 Å². The van der Waals surface area contributed by atoms with Gasteiger partial charge in [-0.2, -0.15) is 0 Å². The molecule has 0 heterocycles. The topological polar surface area (TPSA) is 29.1 Å². The van der Waals surface area contributed by atoms with Crippen molar-refractivity contribution in [1.29, 1.82) is 0 Å². The van der Waals surface area contributed by atoms with Gasteiger partial charge in [-0.05, 0) is 41.5 Å². The van der Waals surface area contributed by atoms with Gasteiger partial charge in [0.1, 0.15) is 5.82 Å². The second kappa shape index (κ2) is 4.66. The standard InChI is InChI=1S/C10H11BrFNO/c1-6-3-4-7(11)10(12)9(6)8(14)5-13-2/h3-4,13H,5H2,1-2H3. The number of benzene rings is 1. The van der Waals surface area contributed by atoms with E-state index in [2.05, 4.69) is 21.2 Å². The number of carbonyl (C=O) groups is 1. The third-order valence-corrected chi connectivity index (χ3v) is 2.53. The lowest BCUT2D eigenvalue weighted by Crippen LogP contribution is -2.20. The summed E-state index contributed by atoms with van der Waals surface area (Å²) in [7, 11) is 1.66. The molecule has 0 bridgehead atoms. The van der Waals surface area contributed by atoms with Gasteiger partial charge in [0.2, 0.25) is 0 Å². The molecule has 14 heavy (non-hydrogen) atoms. The summed E-state index contributed by atoms with van der Waals surface area (Å²) in [6.07, 6.45) is 0. The van der Waals surface area contributed by atoms with Crippen molar-refractivity contribution in [2.45, 2.75) is 6.92 Å². The monoisotopic (exact) mass is 259 g/mol. The summed E-state index contributed by atoms with van der Waals surface area (Å²) < 4.78 is 13.9. The van der Waals surface area contributed by atoms with E-state index >= 15 is 0 Å². The highest BCUT2D eigenvalue weighted by molar-refractivity contribution is 9.10. The highest BCUT2D eigenvalue weighted by Crippen LogP contribution is 2.22. The average Bonchev–Trinajstić information content (AvgIpc) is 2.13. The summed E-state index contributed by atoms with van der Waals surface area (Å²) in [5.41, 5.74) is 0.819. The first kappa shape index (κ1) is 11.3. The minimum absolute atomic E-state index is 0.147. The molecule has 0 saturated carbocycles. The summed E-state index contributed by atoms with van der Waals surface area (Å²) >= 11 is 3.05. The molecule has 0 aliphatic carbocycles. The van der Waals surface area contributed by atoms with Gasteiger partial charge in [-0.3, -0.25) is 4.79 Å². The number of nitrogens with one attached hydrogen (secondary N) is 1. The van der Waals surface area contributed by atoms with Crippen molar-refractivity contribution < 1.29 is 9.18 Å². The quantitative estimate of drug-likeness (QED) is 0.845. The summed E-state index contributed by atoms with van der Waals surface area (Å²) in [6, 6.07) is 3.32. The van der Waals surface area contributed by atoms with Crippen molar-refractivity contribution in [1.82, 2.24) is 5.32 Å². The normalized spacial score (nSPS) is 10.3. The molecular weight excluding hydrogens is 249 g/mol. The lowest BCUT2D eigenvalue weighted by atomic mass is 10.0. The number of hydrogen-bond donors (Lipinski definition) is 1. The average molecular weight is 260 g/mol. The lowest BCUT2D eigenvalue weighted by molar-refractivity contribution is 0.0989. The van der Waals surface area contributed by atoms with Crippen LogP contribution in [-0.4, -0.2) is 19.4 Å². The SMILES string of the molecule is CNCC(=O)c1c(C)ccc(Br)c1F. The Balaban J connectivity index is 3.18. The van der Waals surface area contributed by atoms with E-state index in [1.54, 1.807) is 26.1 Å². The molecule has 0 aliphatic rings. The minimum atomic E-state index is -0.481. The van der Waals surface area contributed by atoms with Gasteiger partial charge in [-0.25, -0.2) is 4.39 Å². The van der Waals surface area contributed by atoms with Gasteiger partial charge in [0, 0.05) is 0 Å². The van der Waals surface area contributed by atoms with Gasteiger partial charge < -0.3 is 5.32 Å². The molecule has 0 aromatic heterocycles. The zero-order valence-electron chi connectivity index (χ0n) is 8.03. The van der Waals surface area contributed by atoms with Crippen LogP contribution in [0.15, 0.2) is 16.6 Å². The smallest absolute Gasteiger partial charge is 0.179 e. The Morgan fingerprint density at radius 3 is 2.79 bits per heavy atom. The van der Waals surface area contributed by atoms with Crippen molar-refractivity contribution in [3.05, 3.63) is 33.5 Å². The second-order valence-electron chi connectivity index (χ2n) is 3.01. The highest BCUT2D eigenvalue weighted by atomic mass is 79.9. The molecule has 0 fully saturated rings. The fraction of sp³-hybridized carbons (Fsp3) is 0.300. The molecule has 0 saturated heterocycles. The Kier molecular flexibility index (Phi) is 3.77. The fourth-order valence-electron chi connectivity index (χ4n) is 1.24. The maximum absolute atomic E-state index is 13.5. The third kappa shape index (κ3) is 2.19. The number of halogens is 2. The number of carbonyl (C=O) groups excluding carboxylic acids is 1. The van der Waals surface area contributed by atoms with Crippen molar-refractivity contribution in [3.8, 4) is 0 Å². The van der Waals surface area contributed by atoms with E-state index in [9.17, 15) is 9.18 Å². The number of ketones is 1. The maximum atomic E-state index is 13.5. The van der Waals surface area contributed by atoms with E-state index in [1.807, 2.05) is 0 Å². The third-order valence-electron chi connectivity index (χ3n) is 1.92. The van der Waals surface area contributed by atoms with Gasteiger partial charge in [-0.15, -0.1) is 0 Å². The Morgan fingerprint density at radius 2 is 2.21 bits per heavy atom. The van der Waals surface area contributed by atoms with E-state index in [0.29, 0.717) is 10.0 Å². The van der Waals surface area contributed by atoms with E-state index in [4.69, 9.17) is 0 Å². The Bertz CT molecular complexity index is 365. The van der Waals surface area contributed by atoms with E-state index in [0.717, 1.165) is 0 Å². The summed E-state index contributed by atoms with van der Waals surface area (Å²) in [5.74, 6) is -0.714. The molecule has 1 aromatic rings. The van der Waals surface area contributed by atoms with E-state index in [-0.39, 0.29) is 17.9 Å². The van der Waals surface area contributed by atoms with E-state index < -0.39 is 5.82 Å². The van der Waals surface area contributed by atoms with Crippen LogP contribution in [0.4, 0.5) is 4.39 Å². The molecule has 0 spiro atoms. The zero-order chi connectivity index (χ0) is 10.7. The zero-order valence-corrected chi connectivity index (χ0v) is 9.61. The first-order valence-electron chi connectivity index (χ1n) is 4.20. The molecule has 1 N–H and O–H groups in total. The number of Topliss-reactive ketones (excluding diaryl/α,β-unsaturated/α-hetero) is 1. The largest absolute Gasteiger partial charge is 0.313 e. The van der Waals surface area contributed by atoms with E-state index in [1.165, 1.54) is 0 Å². The van der Waals surface area contributed by atoms with Crippen LogP contribution in [0.3, 0.4) is 0 Å². The van der Waals surface area contributed by atoms with Crippen LogP contribution in [0.25, 0.3) is 0 Å². The van der Waals surface area contributed by atoms with Crippen LogP contribution in [0.5, 0.6) is 0 Å². The van der Waals surface area contributed by atoms with Gasteiger partial charge in [0.05, 0.1) is 16.6 Å². The summed E-state index contributed by atoms with van der Waals surface area (Å²) in [5, 5.41) is 2.71. The molecule has 1 rings (SSSR count). The van der Waals surface area contributed by atoms with Crippen molar-refractivity contribution >= 4 is 21.7 Å². The second-order valence-corrected chi connectivity index (χ2v) is 3.86. The number of likely N-dealkylation sites (N-methyl/N-ethyl adjacent to an activating group) is 1. The molecule has 2 nitrogen and oxygen atoms in total. The Morgan fingerprint density at radius 1 is 1.57 bits per heavy atom. The van der Waals surface area contributed by atoms with Crippen LogP contribution in [-0.2, 0) is 0 Å². The molecule has 76 valence electrons. The Labute approximate surface area is 90.6 Å². The van der Waals surface area contributed by atoms with Crippen molar-refractivity contribution in [2.24, 2.45) is 0 Å². The van der Waals surface area contributed by atoms with Gasteiger partial charge in [-0.1, -0.05) is 6.07 Å². The maximum Gasteiger partial charge on any atom is 0.179 e. The molecule has 0 unspecified atom stereocenters. The minimum Gasteiger partial charge on any atom is -0.313 e. The first-order valence-corrected chi connectivity index (χ1v) is 4.99. The molecule has 0 amide bonds. The van der Waals surface area contributed by atoms with Crippen molar-refractivity contribution in [3.63, 3.8) is 0 Å². The van der Waals surface area contributed by atoms with Crippen LogP contribution in [0, 0.1) is 12.7 Å². The molecule has 4 heteroatoms. The van der Waals surface area contributed by atoms with Crippen LogP contribution in [0.2, 0.25) is 0 Å². The molecule has 1 aromatic carbocycles. The van der Waals surface area contributed by atoms with Crippen LogP contribution < -0.4 is 5.32 Å². The molecule has 0 atom stereocenters. The summed E-state index contributed by atoms with van der Waals surface area (Å²) in [6.45, 7) is 1.87. The predicted octanol–water partition coefficient (Wildman–Crippen LogP) is 2.30. The predicted molar refractivity (Wildman–Crippen MR) is 57.1 cm³/mol. The summed E-state index contributed by atoms with van der Waals surface area (Å²) in [4.78, 5) is 11.5. The molecule has 0 radical (unpaired) electrons. The Hall–Kier alpha value is -0.740. The van der Waals surface area contributed by atoms with Crippen molar-refractivity contribution in [2.75, 3.05) is 13.6 Å².